The van der Waals surface area contributed by atoms with E-state index in [-0.39, 0.29) is 23.1 Å². The van der Waals surface area contributed by atoms with Crippen LogP contribution in [-0.4, -0.2) is 53.0 Å². The minimum Gasteiger partial charge on any atom is -0.393 e. The predicted octanol–water partition coefficient (Wildman–Crippen LogP) is 0.195. The Hall–Kier alpha value is -1.25. The number of aliphatic hydroxyl groups excluding tert-OH is 1. The Morgan fingerprint density at radius 3 is 2.30 bits per heavy atom. The number of hydrogen-bond donors (Lipinski definition) is 2. The van der Waals surface area contributed by atoms with Crippen LogP contribution in [0.3, 0.4) is 0 Å². The molecule has 2 N–H and O–H groups in total. The molecule has 2 unspecified atom stereocenters. The first-order chi connectivity index (χ1) is 9.52. The lowest BCUT2D eigenvalue weighted by atomic mass is 10.0. The highest BCUT2D eigenvalue weighted by Gasteiger charge is 2.47. The van der Waals surface area contributed by atoms with E-state index in [9.17, 15) is 13.5 Å². The van der Waals surface area contributed by atoms with Crippen LogP contribution in [0.4, 0.5) is 5.95 Å². The molecule has 3 heterocycles. The topological polar surface area (TPSA) is 95.4 Å². The second kappa shape index (κ2) is 4.94. The Labute approximate surface area is 118 Å². The van der Waals surface area contributed by atoms with E-state index >= 15 is 0 Å². The average molecular weight is 298 g/mol. The fourth-order valence-electron chi connectivity index (χ4n) is 3.20. The van der Waals surface area contributed by atoms with Crippen LogP contribution in [-0.2, 0) is 10.0 Å². The van der Waals surface area contributed by atoms with Crippen molar-refractivity contribution >= 4 is 16.0 Å². The van der Waals surface area contributed by atoms with Crippen molar-refractivity contribution in [2.24, 2.45) is 0 Å². The van der Waals surface area contributed by atoms with Gasteiger partial charge in [-0.15, -0.1) is 0 Å². The summed E-state index contributed by atoms with van der Waals surface area (Å²) in [7, 11) is -1.90. The summed E-state index contributed by atoms with van der Waals surface area (Å²) in [6, 6.07) is -0.199. The van der Waals surface area contributed by atoms with Crippen LogP contribution in [0.2, 0.25) is 0 Å². The zero-order chi connectivity index (χ0) is 14.3. The van der Waals surface area contributed by atoms with Gasteiger partial charge in [0, 0.05) is 19.1 Å². The maximum absolute atomic E-state index is 12.7. The SMILES string of the molecule is CNc1ncc(S(=O)(=O)N2C3CCC2CC(O)C3)cn1. The van der Waals surface area contributed by atoms with Crippen molar-refractivity contribution < 1.29 is 13.5 Å². The van der Waals surface area contributed by atoms with Crippen molar-refractivity contribution in [3.8, 4) is 0 Å². The second-order valence-corrected chi connectivity index (χ2v) is 7.18. The van der Waals surface area contributed by atoms with Gasteiger partial charge in [0.2, 0.25) is 16.0 Å². The van der Waals surface area contributed by atoms with Gasteiger partial charge in [-0.25, -0.2) is 18.4 Å². The molecule has 2 aliphatic heterocycles. The summed E-state index contributed by atoms with van der Waals surface area (Å²) in [5.41, 5.74) is 0. The van der Waals surface area contributed by atoms with E-state index in [0.29, 0.717) is 18.8 Å². The smallest absolute Gasteiger partial charge is 0.246 e. The molecule has 1 aromatic heterocycles. The Bertz CT molecular complexity index is 575. The number of rotatable bonds is 3. The molecule has 2 saturated heterocycles. The number of nitrogens with zero attached hydrogens (tertiary/aromatic N) is 3. The fourth-order valence-corrected chi connectivity index (χ4v) is 4.98. The normalized spacial score (nSPS) is 30.4. The molecule has 2 atom stereocenters. The minimum atomic E-state index is -3.58. The molecule has 20 heavy (non-hydrogen) atoms. The minimum absolute atomic E-state index is 0.0993. The van der Waals surface area contributed by atoms with Gasteiger partial charge in [0.1, 0.15) is 4.90 Å². The Kier molecular flexibility index (Phi) is 3.39. The largest absolute Gasteiger partial charge is 0.393 e. The summed E-state index contributed by atoms with van der Waals surface area (Å²) in [5, 5.41) is 12.5. The molecule has 3 rings (SSSR count). The molecular weight excluding hydrogens is 280 g/mol. The molecule has 2 bridgehead atoms. The van der Waals surface area contributed by atoms with E-state index in [0.717, 1.165) is 12.8 Å². The highest BCUT2D eigenvalue weighted by atomic mass is 32.2. The number of aromatic nitrogens is 2. The van der Waals surface area contributed by atoms with E-state index in [1.165, 1.54) is 12.4 Å². The molecule has 0 spiro atoms. The van der Waals surface area contributed by atoms with E-state index in [1.807, 2.05) is 0 Å². The van der Waals surface area contributed by atoms with E-state index in [4.69, 9.17) is 0 Å². The van der Waals surface area contributed by atoms with Crippen LogP contribution >= 0.6 is 0 Å². The summed E-state index contributed by atoms with van der Waals surface area (Å²) in [6.45, 7) is 0. The van der Waals surface area contributed by atoms with Crippen molar-refractivity contribution in [3.63, 3.8) is 0 Å². The molecule has 0 amide bonds. The Balaban J connectivity index is 1.92. The molecule has 0 aromatic carbocycles. The van der Waals surface area contributed by atoms with Crippen LogP contribution in [0.25, 0.3) is 0 Å². The third-order valence-electron chi connectivity index (χ3n) is 4.07. The summed E-state index contributed by atoms with van der Waals surface area (Å²) >= 11 is 0. The molecule has 8 heteroatoms. The third kappa shape index (κ3) is 2.17. The molecule has 0 radical (unpaired) electrons. The van der Waals surface area contributed by atoms with Crippen molar-refractivity contribution in [2.45, 2.75) is 48.8 Å². The molecule has 2 fully saturated rings. The zero-order valence-electron chi connectivity index (χ0n) is 11.2. The van der Waals surface area contributed by atoms with Crippen molar-refractivity contribution in [3.05, 3.63) is 12.4 Å². The van der Waals surface area contributed by atoms with Crippen molar-refractivity contribution in [1.82, 2.24) is 14.3 Å². The van der Waals surface area contributed by atoms with Gasteiger partial charge in [-0.1, -0.05) is 0 Å². The van der Waals surface area contributed by atoms with Gasteiger partial charge >= 0.3 is 0 Å². The number of nitrogens with one attached hydrogen (secondary N) is 1. The van der Waals surface area contributed by atoms with Gasteiger partial charge in [-0.2, -0.15) is 4.31 Å². The van der Waals surface area contributed by atoms with Crippen molar-refractivity contribution in [2.75, 3.05) is 12.4 Å². The number of fused-ring (bicyclic) bond motifs is 2. The first kappa shape index (κ1) is 13.7. The molecular formula is C12H18N4O3S. The molecule has 2 aliphatic rings. The fraction of sp³-hybridized carbons (Fsp3) is 0.667. The van der Waals surface area contributed by atoms with Gasteiger partial charge in [0.05, 0.1) is 18.5 Å². The van der Waals surface area contributed by atoms with Gasteiger partial charge in [-0.3, -0.25) is 0 Å². The van der Waals surface area contributed by atoms with Crippen LogP contribution in [0, 0.1) is 0 Å². The highest BCUT2D eigenvalue weighted by Crippen LogP contribution is 2.39. The number of anilines is 1. The molecule has 110 valence electrons. The predicted molar refractivity (Wildman–Crippen MR) is 72.7 cm³/mol. The second-order valence-electron chi connectivity index (χ2n) is 5.34. The van der Waals surface area contributed by atoms with E-state index in [2.05, 4.69) is 15.3 Å². The third-order valence-corrected chi connectivity index (χ3v) is 6.03. The molecule has 7 nitrogen and oxygen atoms in total. The van der Waals surface area contributed by atoms with Crippen LogP contribution in [0.15, 0.2) is 17.3 Å². The molecule has 0 saturated carbocycles. The summed E-state index contributed by atoms with van der Waals surface area (Å²) in [6.07, 6.45) is 4.95. The summed E-state index contributed by atoms with van der Waals surface area (Å²) in [5.74, 6) is 0.390. The highest BCUT2D eigenvalue weighted by molar-refractivity contribution is 7.89. The number of aliphatic hydroxyl groups is 1. The van der Waals surface area contributed by atoms with Gasteiger partial charge in [-0.05, 0) is 25.7 Å². The maximum atomic E-state index is 12.7. The van der Waals surface area contributed by atoms with E-state index in [1.54, 1.807) is 11.4 Å². The average Bonchev–Trinajstić information content (AvgIpc) is 2.72. The lowest BCUT2D eigenvalue weighted by Gasteiger charge is -2.35. The van der Waals surface area contributed by atoms with E-state index < -0.39 is 10.0 Å². The Morgan fingerprint density at radius 2 is 1.80 bits per heavy atom. The van der Waals surface area contributed by atoms with Gasteiger partial charge in [0.15, 0.2) is 0 Å². The number of piperidine rings is 1. The monoisotopic (exact) mass is 298 g/mol. The van der Waals surface area contributed by atoms with Crippen LogP contribution in [0.5, 0.6) is 0 Å². The molecule has 1 aromatic rings. The van der Waals surface area contributed by atoms with Gasteiger partial charge < -0.3 is 10.4 Å². The first-order valence-corrected chi connectivity index (χ1v) is 8.18. The maximum Gasteiger partial charge on any atom is 0.246 e. The quantitative estimate of drug-likeness (QED) is 0.827. The van der Waals surface area contributed by atoms with Crippen LogP contribution in [0.1, 0.15) is 25.7 Å². The molecule has 0 aliphatic carbocycles. The standard InChI is InChI=1S/C12H18N4O3S/c1-13-12-14-6-11(7-15-12)20(18,19)16-8-2-3-9(16)5-10(17)4-8/h6-10,17H,2-5H2,1H3,(H,13,14,15). The summed E-state index contributed by atoms with van der Waals surface area (Å²) < 4.78 is 26.9. The lowest BCUT2D eigenvalue weighted by Crippen LogP contribution is -2.47. The number of sulfonamides is 1. The summed E-state index contributed by atoms with van der Waals surface area (Å²) in [4.78, 5) is 8.05. The van der Waals surface area contributed by atoms with Gasteiger partial charge in [0.25, 0.3) is 0 Å². The first-order valence-electron chi connectivity index (χ1n) is 6.74. The lowest BCUT2D eigenvalue weighted by molar-refractivity contribution is 0.0768. The Morgan fingerprint density at radius 1 is 1.25 bits per heavy atom. The zero-order valence-corrected chi connectivity index (χ0v) is 12.0. The van der Waals surface area contributed by atoms with Crippen LogP contribution < -0.4 is 5.32 Å². The number of hydrogen-bond acceptors (Lipinski definition) is 6. The van der Waals surface area contributed by atoms with Crippen molar-refractivity contribution in [1.29, 1.82) is 0 Å².